The van der Waals surface area contributed by atoms with Gasteiger partial charge in [0.2, 0.25) is 0 Å². The Kier molecular flexibility index (Phi) is 8.42. The lowest BCUT2D eigenvalue weighted by Crippen LogP contribution is -2.41. The SMILES string of the molecule is Cn1cc(-c2cc(S(C)(=O)=O)ccc2Oc2ccc(CCC3CCN(C(=O)OC(C)(C)C)CC3)cc2)c2cc[nH]c2c1=O. The van der Waals surface area contributed by atoms with Gasteiger partial charge >= 0.3 is 6.09 Å². The molecule has 1 saturated heterocycles. The van der Waals surface area contributed by atoms with Crippen molar-refractivity contribution in [2.75, 3.05) is 19.3 Å². The molecule has 0 saturated carbocycles. The number of carbonyl (C=O) groups is 1. The summed E-state index contributed by atoms with van der Waals surface area (Å²) in [6.45, 7) is 7.09. The lowest BCUT2D eigenvalue weighted by molar-refractivity contribution is 0.0181. The number of piperidine rings is 1. The van der Waals surface area contributed by atoms with Crippen LogP contribution in [-0.4, -0.2) is 53.9 Å². The molecule has 0 unspecified atom stereocenters. The first-order chi connectivity index (χ1) is 20.3. The summed E-state index contributed by atoms with van der Waals surface area (Å²) < 4.78 is 38.1. The zero-order valence-corrected chi connectivity index (χ0v) is 26.2. The van der Waals surface area contributed by atoms with E-state index in [1.165, 1.54) is 22.5 Å². The van der Waals surface area contributed by atoms with Crippen molar-refractivity contribution in [2.24, 2.45) is 13.0 Å². The zero-order chi connectivity index (χ0) is 30.9. The number of hydrogen-bond acceptors (Lipinski definition) is 6. The van der Waals surface area contributed by atoms with Crippen LogP contribution in [0.5, 0.6) is 11.5 Å². The molecule has 0 radical (unpaired) electrons. The van der Waals surface area contributed by atoms with Gasteiger partial charge in [0, 0.05) is 55.3 Å². The number of nitrogens with zero attached hydrogens (tertiary/aromatic N) is 2. The van der Waals surface area contributed by atoms with Gasteiger partial charge in [-0.3, -0.25) is 4.79 Å². The standard InChI is InChI=1S/C33H39N3O6S/c1-33(2,3)42-32(38)36-18-15-23(16-19-36)7-6-22-8-10-24(11-9-22)41-29-13-12-25(43(5,39)40)20-27(29)28-21-35(4)31(37)30-26(28)14-17-34-30/h8-14,17,20-21,23,34H,6-7,15-16,18-19H2,1-5H3. The highest BCUT2D eigenvalue weighted by atomic mass is 32.2. The maximum Gasteiger partial charge on any atom is 0.410 e. The predicted octanol–water partition coefficient (Wildman–Crippen LogP) is 6.31. The average Bonchev–Trinajstić information content (AvgIpc) is 3.44. The molecule has 5 rings (SSSR count). The summed E-state index contributed by atoms with van der Waals surface area (Å²) >= 11 is 0. The number of H-pyrrole nitrogens is 1. The maximum atomic E-state index is 12.6. The number of fused-ring (bicyclic) bond motifs is 1. The van der Waals surface area contributed by atoms with Crippen LogP contribution in [0.1, 0.15) is 45.6 Å². The number of aromatic nitrogens is 2. The lowest BCUT2D eigenvalue weighted by atomic mass is 9.90. The van der Waals surface area contributed by atoms with E-state index in [9.17, 15) is 18.0 Å². The summed E-state index contributed by atoms with van der Waals surface area (Å²) in [7, 11) is -1.81. The molecule has 228 valence electrons. The number of carbonyl (C=O) groups excluding carboxylic acids is 1. The molecule has 43 heavy (non-hydrogen) atoms. The number of ether oxygens (including phenoxy) is 2. The van der Waals surface area contributed by atoms with Gasteiger partial charge in [-0.15, -0.1) is 0 Å². The largest absolute Gasteiger partial charge is 0.457 e. The van der Waals surface area contributed by atoms with Crippen LogP contribution in [0.15, 0.2) is 70.6 Å². The number of benzene rings is 2. The zero-order valence-electron chi connectivity index (χ0n) is 25.3. The number of hydrogen-bond donors (Lipinski definition) is 1. The Morgan fingerprint density at radius 2 is 1.72 bits per heavy atom. The highest BCUT2D eigenvalue weighted by Gasteiger charge is 2.26. The molecule has 2 aromatic heterocycles. The molecule has 1 aliphatic rings. The van der Waals surface area contributed by atoms with E-state index in [1.54, 1.807) is 42.5 Å². The lowest BCUT2D eigenvalue weighted by Gasteiger charge is -2.33. The number of likely N-dealkylation sites (tertiary alicyclic amines) is 1. The van der Waals surface area contributed by atoms with Crippen molar-refractivity contribution in [3.63, 3.8) is 0 Å². The van der Waals surface area contributed by atoms with Gasteiger partial charge in [-0.1, -0.05) is 12.1 Å². The van der Waals surface area contributed by atoms with E-state index in [4.69, 9.17) is 9.47 Å². The molecule has 3 heterocycles. The van der Waals surface area contributed by atoms with Crippen molar-refractivity contribution in [1.29, 1.82) is 0 Å². The number of rotatable bonds is 7. The van der Waals surface area contributed by atoms with Crippen molar-refractivity contribution in [1.82, 2.24) is 14.5 Å². The first-order valence-electron chi connectivity index (χ1n) is 14.5. The van der Waals surface area contributed by atoms with Gasteiger partial charge in [0.1, 0.15) is 22.6 Å². The summed E-state index contributed by atoms with van der Waals surface area (Å²) in [5.41, 5.74) is 2.24. The molecule has 1 amide bonds. The molecule has 9 nitrogen and oxygen atoms in total. The molecule has 0 aliphatic carbocycles. The Bertz CT molecular complexity index is 1790. The Hall–Kier alpha value is -4.05. The van der Waals surface area contributed by atoms with Gasteiger partial charge in [-0.2, -0.15) is 0 Å². The normalized spacial score (nSPS) is 14.7. The van der Waals surface area contributed by atoms with Gasteiger partial charge < -0.3 is 23.9 Å². The summed E-state index contributed by atoms with van der Waals surface area (Å²) in [6, 6.07) is 14.5. The van der Waals surface area contributed by atoms with Crippen LogP contribution < -0.4 is 10.3 Å². The van der Waals surface area contributed by atoms with Crippen LogP contribution in [0.3, 0.4) is 0 Å². The van der Waals surface area contributed by atoms with E-state index in [2.05, 4.69) is 4.98 Å². The summed E-state index contributed by atoms with van der Waals surface area (Å²) in [5, 5.41) is 0.686. The van der Waals surface area contributed by atoms with Crippen molar-refractivity contribution in [3.05, 3.63) is 76.8 Å². The monoisotopic (exact) mass is 605 g/mol. The van der Waals surface area contributed by atoms with E-state index in [0.29, 0.717) is 39.4 Å². The Balaban J connectivity index is 1.29. The molecule has 4 aromatic rings. The van der Waals surface area contributed by atoms with E-state index >= 15 is 0 Å². The van der Waals surface area contributed by atoms with Gasteiger partial charge in [0.15, 0.2) is 9.84 Å². The number of sulfone groups is 1. The fourth-order valence-electron chi connectivity index (χ4n) is 5.48. The van der Waals surface area contributed by atoms with Crippen LogP contribution in [0.4, 0.5) is 4.79 Å². The molecule has 2 aromatic carbocycles. The van der Waals surface area contributed by atoms with E-state index in [-0.39, 0.29) is 16.5 Å². The first kappa shape index (κ1) is 30.4. The smallest absolute Gasteiger partial charge is 0.410 e. The Morgan fingerprint density at radius 3 is 2.37 bits per heavy atom. The van der Waals surface area contributed by atoms with Crippen LogP contribution in [0.25, 0.3) is 22.0 Å². The third-order valence-electron chi connectivity index (χ3n) is 7.82. The highest BCUT2D eigenvalue weighted by Crippen LogP contribution is 2.38. The van der Waals surface area contributed by atoms with Crippen LogP contribution in [-0.2, 0) is 28.0 Å². The number of pyridine rings is 1. The van der Waals surface area contributed by atoms with Crippen LogP contribution >= 0.6 is 0 Å². The second-order valence-electron chi connectivity index (χ2n) is 12.4. The van der Waals surface area contributed by atoms with Crippen LogP contribution in [0, 0.1) is 5.92 Å². The van der Waals surface area contributed by atoms with Gasteiger partial charge in [0.05, 0.1) is 4.90 Å². The van der Waals surface area contributed by atoms with Crippen molar-refractivity contribution < 1.29 is 22.7 Å². The first-order valence-corrected chi connectivity index (χ1v) is 16.4. The molecule has 0 bridgehead atoms. The van der Waals surface area contributed by atoms with Gasteiger partial charge in [0.25, 0.3) is 5.56 Å². The van der Waals surface area contributed by atoms with Crippen molar-refractivity contribution in [3.8, 4) is 22.6 Å². The van der Waals surface area contributed by atoms with Gasteiger partial charge in [-0.05, 0) is 94.3 Å². The number of aromatic amines is 1. The molecule has 1 aliphatic heterocycles. The summed E-state index contributed by atoms with van der Waals surface area (Å²) in [4.78, 5) is 29.9. The molecule has 0 spiro atoms. The molecule has 0 atom stereocenters. The van der Waals surface area contributed by atoms with Crippen LogP contribution in [0.2, 0.25) is 0 Å². The van der Waals surface area contributed by atoms with E-state index < -0.39 is 15.4 Å². The van der Waals surface area contributed by atoms with Crippen molar-refractivity contribution >= 4 is 26.8 Å². The molecular weight excluding hydrogens is 566 g/mol. The Morgan fingerprint density at radius 1 is 1.02 bits per heavy atom. The third-order valence-corrected chi connectivity index (χ3v) is 8.93. The minimum absolute atomic E-state index is 0.166. The minimum Gasteiger partial charge on any atom is -0.457 e. The van der Waals surface area contributed by atoms with Gasteiger partial charge in [-0.25, -0.2) is 13.2 Å². The third kappa shape index (κ3) is 7.13. The second kappa shape index (κ2) is 11.9. The number of nitrogens with one attached hydrogen (secondary N) is 1. The number of aryl methyl sites for hydroxylation is 2. The molecule has 10 heteroatoms. The fraction of sp³-hybridized carbons (Fsp3) is 0.394. The summed E-state index contributed by atoms with van der Waals surface area (Å²) in [6.07, 6.45) is 8.23. The highest BCUT2D eigenvalue weighted by molar-refractivity contribution is 7.90. The Labute approximate surface area is 252 Å². The quantitative estimate of drug-likeness (QED) is 0.264. The van der Waals surface area contributed by atoms with Crippen molar-refractivity contribution in [2.45, 2.75) is 57.0 Å². The maximum absolute atomic E-state index is 12.6. The second-order valence-corrected chi connectivity index (χ2v) is 14.4. The van der Waals surface area contributed by atoms with E-state index in [1.807, 2.05) is 45.0 Å². The fourth-order valence-corrected chi connectivity index (χ4v) is 6.12. The molecule has 1 fully saturated rings. The molecular formula is C33H39N3O6S. The molecule has 1 N–H and O–H groups in total. The van der Waals surface area contributed by atoms with E-state index in [0.717, 1.165) is 38.8 Å². The topological polar surface area (TPSA) is 111 Å². The minimum atomic E-state index is -3.47. The number of amides is 1. The average molecular weight is 606 g/mol. The predicted molar refractivity (Wildman–Crippen MR) is 167 cm³/mol. The summed E-state index contributed by atoms with van der Waals surface area (Å²) in [5.74, 6) is 1.66.